The van der Waals surface area contributed by atoms with Gasteiger partial charge in [0.2, 0.25) is 0 Å². The molecule has 1 N–H and O–H groups in total. The van der Waals surface area contributed by atoms with Crippen LogP contribution in [-0.4, -0.2) is 12.5 Å². The molecule has 1 unspecified atom stereocenters. The van der Waals surface area contributed by atoms with Crippen LogP contribution < -0.4 is 10.1 Å². The predicted octanol–water partition coefficient (Wildman–Crippen LogP) is 2.69. The van der Waals surface area contributed by atoms with Crippen molar-refractivity contribution >= 4 is 5.91 Å². The Hall–Kier alpha value is -2.36. The first-order valence-electron chi connectivity index (χ1n) is 6.02. The monoisotopic (exact) mass is 257 g/mol. The summed E-state index contributed by atoms with van der Waals surface area (Å²) in [5.41, 5.74) is 1.26. The third-order valence-corrected chi connectivity index (χ3v) is 3.09. The molecule has 3 nitrogen and oxygen atoms in total. The van der Waals surface area contributed by atoms with Crippen molar-refractivity contribution in [2.75, 3.05) is 6.61 Å². The third-order valence-electron chi connectivity index (χ3n) is 3.09. The Labute approximate surface area is 110 Å². The molecule has 3 rings (SSSR count). The fraction of sp³-hybridized carbons (Fsp3) is 0.133. The summed E-state index contributed by atoms with van der Waals surface area (Å²) < 4.78 is 18.6. The lowest BCUT2D eigenvalue weighted by Crippen LogP contribution is -2.29. The minimum atomic E-state index is -0.421. The van der Waals surface area contributed by atoms with E-state index in [1.807, 2.05) is 24.3 Å². The zero-order chi connectivity index (χ0) is 13.2. The molecule has 2 aromatic carbocycles. The molecule has 0 radical (unpaired) electrons. The molecule has 0 saturated heterocycles. The fourth-order valence-electron chi connectivity index (χ4n) is 2.15. The molecule has 0 saturated carbocycles. The van der Waals surface area contributed by atoms with Crippen LogP contribution in [-0.2, 0) is 0 Å². The Bertz CT molecular complexity index is 627. The maximum Gasteiger partial charge on any atom is 0.251 e. The van der Waals surface area contributed by atoms with Gasteiger partial charge in [-0.2, -0.15) is 0 Å². The molecular formula is C15H12FNO2. The number of nitrogens with one attached hydrogen (secondary N) is 1. The van der Waals surface area contributed by atoms with Crippen LogP contribution in [0.1, 0.15) is 22.0 Å². The van der Waals surface area contributed by atoms with Crippen LogP contribution in [0.3, 0.4) is 0 Å². The highest BCUT2D eigenvalue weighted by Crippen LogP contribution is 2.31. The van der Waals surface area contributed by atoms with E-state index in [2.05, 4.69) is 5.32 Å². The Morgan fingerprint density at radius 2 is 2.05 bits per heavy atom. The highest BCUT2D eigenvalue weighted by molar-refractivity contribution is 5.94. The second kappa shape index (κ2) is 4.72. The maximum absolute atomic E-state index is 13.1. The first kappa shape index (κ1) is 11.7. The van der Waals surface area contributed by atoms with Crippen LogP contribution in [0.2, 0.25) is 0 Å². The maximum atomic E-state index is 13.1. The highest BCUT2D eigenvalue weighted by atomic mass is 19.1. The molecule has 0 aliphatic carbocycles. The Morgan fingerprint density at radius 1 is 1.21 bits per heavy atom. The number of benzene rings is 2. The molecule has 1 heterocycles. The molecule has 2 aromatic rings. The number of amides is 1. The van der Waals surface area contributed by atoms with Gasteiger partial charge in [0.25, 0.3) is 5.91 Å². The topological polar surface area (TPSA) is 38.3 Å². The lowest BCUT2D eigenvalue weighted by molar-refractivity contribution is 0.0930. The molecule has 1 aliphatic heterocycles. The minimum absolute atomic E-state index is 0.188. The van der Waals surface area contributed by atoms with Crippen molar-refractivity contribution in [3.63, 3.8) is 0 Å². The number of carbonyl (C=O) groups excluding carboxylic acids is 1. The molecule has 0 aromatic heterocycles. The summed E-state index contributed by atoms with van der Waals surface area (Å²) in [5.74, 6) is 0.0626. The number of carbonyl (C=O) groups is 1. The average molecular weight is 257 g/mol. The first-order chi connectivity index (χ1) is 9.24. The van der Waals surface area contributed by atoms with Gasteiger partial charge in [0.15, 0.2) is 0 Å². The zero-order valence-electron chi connectivity index (χ0n) is 10.1. The number of hydrogen-bond acceptors (Lipinski definition) is 2. The summed E-state index contributed by atoms with van der Waals surface area (Å²) in [6.07, 6.45) is 0. The zero-order valence-corrected chi connectivity index (χ0v) is 10.1. The van der Waals surface area contributed by atoms with Gasteiger partial charge in [-0.3, -0.25) is 4.79 Å². The molecule has 96 valence electrons. The summed E-state index contributed by atoms with van der Waals surface area (Å²) in [7, 11) is 0. The molecule has 1 atom stereocenters. The second-order valence-electron chi connectivity index (χ2n) is 4.39. The number of hydrogen-bond donors (Lipinski definition) is 1. The van der Waals surface area contributed by atoms with E-state index in [9.17, 15) is 9.18 Å². The number of ether oxygens (including phenoxy) is 1. The van der Waals surface area contributed by atoms with Crippen LogP contribution in [0.25, 0.3) is 0 Å². The van der Waals surface area contributed by atoms with Gasteiger partial charge in [-0.25, -0.2) is 4.39 Å². The molecule has 0 spiro atoms. The third kappa shape index (κ3) is 2.29. The van der Waals surface area contributed by atoms with Gasteiger partial charge >= 0.3 is 0 Å². The molecule has 0 bridgehead atoms. The lowest BCUT2D eigenvalue weighted by atomic mass is 10.1. The first-order valence-corrected chi connectivity index (χ1v) is 6.02. The Morgan fingerprint density at radius 3 is 2.89 bits per heavy atom. The molecule has 19 heavy (non-hydrogen) atoms. The summed E-state index contributed by atoms with van der Waals surface area (Å²) in [6.45, 7) is 0.403. The van der Waals surface area contributed by atoms with Gasteiger partial charge in [0.05, 0.1) is 6.04 Å². The number of para-hydroxylation sites is 1. The predicted molar refractivity (Wildman–Crippen MR) is 68.5 cm³/mol. The van der Waals surface area contributed by atoms with Crippen LogP contribution in [0.4, 0.5) is 4.39 Å². The summed E-state index contributed by atoms with van der Waals surface area (Å²) in [6, 6.07) is 13.0. The van der Waals surface area contributed by atoms with E-state index in [0.717, 1.165) is 11.3 Å². The minimum Gasteiger partial charge on any atom is -0.491 e. The molecule has 4 heteroatoms. The Kier molecular flexibility index (Phi) is 2.91. The highest BCUT2D eigenvalue weighted by Gasteiger charge is 2.25. The van der Waals surface area contributed by atoms with Crippen molar-refractivity contribution < 1.29 is 13.9 Å². The van der Waals surface area contributed by atoms with E-state index < -0.39 is 5.82 Å². The SMILES string of the molecule is O=C(NC1COc2ccccc21)c1cccc(F)c1. The molecule has 0 fully saturated rings. The largest absolute Gasteiger partial charge is 0.491 e. The van der Waals surface area contributed by atoms with Crippen molar-refractivity contribution in [3.8, 4) is 5.75 Å². The van der Waals surface area contributed by atoms with Gasteiger partial charge < -0.3 is 10.1 Å². The van der Waals surface area contributed by atoms with E-state index in [4.69, 9.17) is 4.74 Å². The number of rotatable bonds is 2. The molecular weight excluding hydrogens is 245 g/mol. The number of fused-ring (bicyclic) bond motifs is 1. The van der Waals surface area contributed by atoms with E-state index in [1.165, 1.54) is 18.2 Å². The van der Waals surface area contributed by atoms with Gasteiger partial charge in [-0.05, 0) is 24.3 Å². The van der Waals surface area contributed by atoms with Crippen molar-refractivity contribution in [1.29, 1.82) is 0 Å². The van der Waals surface area contributed by atoms with E-state index >= 15 is 0 Å². The lowest BCUT2D eigenvalue weighted by Gasteiger charge is -2.11. The molecule has 1 amide bonds. The normalized spacial score (nSPS) is 16.6. The summed E-state index contributed by atoms with van der Waals surface area (Å²) in [4.78, 5) is 12.0. The summed E-state index contributed by atoms with van der Waals surface area (Å²) in [5, 5.41) is 2.85. The quantitative estimate of drug-likeness (QED) is 0.898. The van der Waals surface area contributed by atoms with Gasteiger partial charge in [0, 0.05) is 11.1 Å². The average Bonchev–Trinajstić information content (AvgIpc) is 2.82. The van der Waals surface area contributed by atoms with Crippen molar-refractivity contribution in [2.24, 2.45) is 0 Å². The van der Waals surface area contributed by atoms with Crippen molar-refractivity contribution in [3.05, 3.63) is 65.5 Å². The Balaban J connectivity index is 1.78. The van der Waals surface area contributed by atoms with Gasteiger partial charge in [-0.1, -0.05) is 24.3 Å². The smallest absolute Gasteiger partial charge is 0.251 e. The van der Waals surface area contributed by atoms with E-state index in [-0.39, 0.29) is 11.9 Å². The van der Waals surface area contributed by atoms with Gasteiger partial charge in [-0.15, -0.1) is 0 Å². The standard InChI is InChI=1S/C15H12FNO2/c16-11-5-3-4-10(8-11)15(18)17-13-9-19-14-7-2-1-6-12(13)14/h1-8,13H,9H2,(H,17,18). The fourth-order valence-corrected chi connectivity index (χ4v) is 2.15. The van der Waals surface area contributed by atoms with Crippen molar-refractivity contribution in [2.45, 2.75) is 6.04 Å². The van der Waals surface area contributed by atoms with E-state index in [1.54, 1.807) is 6.07 Å². The summed E-state index contributed by atoms with van der Waals surface area (Å²) >= 11 is 0. The van der Waals surface area contributed by atoms with Crippen LogP contribution in [0, 0.1) is 5.82 Å². The van der Waals surface area contributed by atoms with Gasteiger partial charge in [0.1, 0.15) is 18.2 Å². The van der Waals surface area contributed by atoms with Crippen LogP contribution in [0.5, 0.6) is 5.75 Å². The van der Waals surface area contributed by atoms with E-state index in [0.29, 0.717) is 12.2 Å². The molecule has 1 aliphatic rings. The number of halogens is 1. The second-order valence-corrected chi connectivity index (χ2v) is 4.39. The van der Waals surface area contributed by atoms with Crippen LogP contribution in [0.15, 0.2) is 48.5 Å². The van der Waals surface area contributed by atoms with Crippen LogP contribution >= 0.6 is 0 Å². The van der Waals surface area contributed by atoms with Crippen molar-refractivity contribution in [1.82, 2.24) is 5.32 Å².